The highest BCUT2D eigenvalue weighted by Gasteiger charge is 2.04. The number of halogens is 1. The van der Waals surface area contributed by atoms with Gasteiger partial charge in [0.15, 0.2) is 0 Å². The van der Waals surface area contributed by atoms with E-state index in [1.807, 2.05) is 9.82 Å². The maximum Gasteiger partial charge on any atom is 0.132 e. The van der Waals surface area contributed by atoms with Crippen LogP contribution in [-0.4, -0.2) is 7.99 Å². The molecule has 2 aromatic rings. The summed E-state index contributed by atoms with van der Waals surface area (Å²) in [5.74, 6) is 0. The molecule has 0 unspecified atom stereocenters. The second-order valence-corrected chi connectivity index (χ2v) is 3.89. The van der Waals surface area contributed by atoms with Crippen LogP contribution in [0.25, 0.3) is 10.2 Å². The normalized spacial score (nSPS) is 11.0. The van der Waals surface area contributed by atoms with Crippen molar-refractivity contribution < 1.29 is 0 Å². The van der Waals surface area contributed by atoms with Crippen LogP contribution in [0.5, 0.6) is 0 Å². The lowest BCUT2D eigenvalue weighted by atomic mass is 10.3. The highest BCUT2D eigenvalue weighted by Crippen LogP contribution is 2.24. The Balaban J connectivity index is 2.98. The third kappa shape index (κ3) is 0.784. The molecule has 0 fully saturated rings. The van der Waals surface area contributed by atoms with Crippen molar-refractivity contribution in [2.45, 2.75) is 6.92 Å². The van der Waals surface area contributed by atoms with Gasteiger partial charge in [0.2, 0.25) is 0 Å². The Morgan fingerprint density at radius 3 is 3.20 bits per heavy atom. The number of rotatable bonds is 0. The second kappa shape index (κ2) is 2.20. The molecular formula is C6H5IN2S. The van der Waals surface area contributed by atoms with Crippen molar-refractivity contribution in [3.05, 3.63) is 17.1 Å². The molecule has 0 saturated heterocycles. The van der Waals surface area contributed by atoms with Crippen molar-refractivity contribution in [3.8, 4) is 0 Å². The molecule has 0 aromatic carbocycles. The molecule has 2 heterocycles. The average molecular weight is 264 g/mol. The summed E-state index contributed by atoms with van der Waals surface area (Å²) in [6, 6.07) is 2.11. The van der Waals surface area contributed by atoms with Crippen molar-refractivity contribution >= 4 is 44.4 Å². The first-order valence-corrected chi connectivity index (χ1v) is 4.72. The van der Waals surface area contributed by atoms with Crippen molar-refractivity contribution in [2.24, 2.45) is 0 Å². The van der Waals surface area contributed by atoms with Crippen LogP contribution in [0.15, 0.2) is 11.4 Å². The van der Waals surface area contributed by atoms with Gasteiger partial charge in [-0.1, -0.05) is 0 Å². The van der Waals surface area contributed by atoms with Gasteiger partial charge in [0.05, 0.1) is 28.6 Å². The summed E-state index contributed by atoms with van der Waals surface area (Å²) < 4.78 is 1.90. The lowest BCUT2D eigenvalue weighted by molar-refractivity contribution is 1.04. The Hall–Kier alpha value is -0.100. The number of hydrogen-bond acceptors (Lipinski definition) is 2. The molecule has 0 N–H and O–H groups in total. The molecule has 0 bridgehead atoms. The van der Waals surface area contributed by atoms with E-state index in [2.05, 4.69) is 39.4 Å². The molecule has 0 amide bonds. The number of fused-ring (bicyclic) bond motifs is 1. The van der Waals surface area contributed by atoms with Crippen LogP contribution in [0.2, 0.25) is 0 Å². The van der Waals surface area contributed by atoms with E-state index in [9.17, 15) is 0 Å². The largest absolute Gasteiger partial charge is 0.193 e. The Morgan fingerprint density at radius 2 is 2.50 bits per heavy atom. The molecule has 4 heteroatoms. The zero-order valence-corrected chi connectivity index (χ0v) is 8.31. The van der Waals surface area contributed by atoms with E-state index >= 15 is 0 Å². The molecule has 0 aliphatic rings. The standard InChI is InChI=1S/C6H5IN2S/c1-4-5-2-3-10-6(5)9(7)8-4/h2-3H,1H3. The molecule has 52 valence electrons. The van der Waals surface area contributed by atoms with E-state index in [4.69, 9.17) is 0 Å². The molecule has 2 rings (SSSR count). The Labute approximate surface area is 76.3 Å². The summed E-state index contributed by atoms with van der Waals surface area (Å²) >= 11 is 3.92. The highest BCUT2D eigenvalue weighted by molar-refractivity contribution is 14.1. The van der Waals surface area contributed by atoms with Crippen LogP contribution >= 0.6 is 34.2 Å². The number of thiophene rings is 1. The average Bonchev–Trinajstić information content (AvgIpc) is 2.39. The van der Waals surface area contributed by atoms with Crippen LogP contribution in [0.4, 0.5) is 0 Å². The van der Waals surface area contributed by atoms with E-state index < -0.39 is 0 Å². The van der Waals surface area contributed by atoms with Crippen LogP contribution in [0.3, 0.4) is 0 Å². The van der Waals surface area contributed by atoms with Gasteiger partial charge in [-0.05, 0) is 18.4 Å². The first kappa shape index (κ1) is 6.60. The van der Waals surface area contributed by atoms with Gasteiger partial charge >= 0.3 is 0 Å². The number of nitrogens with zero attached hydrogens (tertiary/aromatic N) is 2. The van der Waals surface area contributed by atoms with Gasteiger partial charge in [-0.25, -0.2) is 0 Å². The summed E-state index contributed by atoms with van der Waals surface area (Å²) in [6.07, 6.45) is 0. The fourth-order valence-corrected chi connectivity index (χ4v) is 2.68. The minimum Gasteiger partial charge on any atom is -0.193 e. The van der Waals surface area contributed by atoms with Crippen molar-refractivity contribution in [3.63, 3.8) is 0 Å². The maximum absolute atomic E-state index is 4.26. The lowest BCUT2D eigenvalue weighted by Gasteiger charge is -1.80. The first-order chi connectivity index (χ1) is 4.79. The number of aryl methyl sites for hydroxylation is 1. The fraction of sp³-hybridized carbons (Fsp3) is 0.167. The van der Waals surface area contributed by atoms with Crippen LogP contribution < -0.4 is 0 Å². The lowest BCUT2D eigenvalue weighted by Crippen LogP contribution is -1.78. The van der Waals surface area contributed by atoms with E-state index in [1.54, 1.807) is 11.3 Å². The third-order valence-corrected chi connectivity index (χ3v) is 3.35. The first-order valence-electron chi connectivity index (χ1n) is 2.88. The molecule has 2 nitrogen and oxygen atoms in total. The minimum absolute atomic E-state index is 1.12. The summed E-state index contributed by atoms with van der Waals surface area (Å²) in [5, 5.41) is 7.63. The summed E-state index contributed by atoms with van der Waals surface area (Å²) in [4.78, 5) is 1.25. The Bertz CT molecular complexity index is 331. The Kier molecular flexibility index (Phi) is 1.45. The predicted molar refractivity (Wildman–Crippen MR) is 51.8 cm³/mol. The quantitative estimate of drug-likeness (QED) is 0.669. The molecular weight excluding hydrogens is 259 g/mol. The van der Waals surface area contributed by atoms with Gasteiger partial charge < -0.3 is 0 Å². The van der Waals surface area contributed by atoms with Gasteiger partial charge in [0.1, 0.15) is 4.83 Å². The molecule has 0 aliphatic carbocycles. The topological polar surface area (TPSA) is 17.8 Å². The third-order valence-electron chi connectivity index (χ3n) is 1.44. The van der Waals surface area contributed by atoms with Crippen LogP contribution in [-0.2, 0) is 0 Å². The van der Waals surface area contributed by atoms with Crippen molar-refractivity contribution in [1.29, 1.82) is 0 Å². The number of hydrogen-bond donors (Lipinski definition) is 0. The minimum atomic E-state index is 1.12. The summed E-state index contributed by atoms with van der Waals surface area (Å²) in [5.41, 5.74) is 1.12. The SMILES string of the molecule is Cc1nn(I)c2sccc12. The number of aromatic nitrogens is 2. The van der Waals surface area contributed by atoms with Crippen molar-refractivity contribution in [1.82, 2.24) is 7.99 Å². The van der Waals surface area contributed by atoms with Crippen LogP contribution in [0, 0.1) is 6.92 Å². The molecule has 0 spiro atoms. The highest BCUT2D eigenvalue weighted by atomic mass is 127. The molecule has 10 heavy (non-hydrogen) atoms. The fourth-order valence-electron chi connectivity index (χ4n) is 0.950. The van der Waals surface area contributed by atoms with E-state index in [1.165, 1.54) is 10.2 Å². The monoisotopic (exact) mass is 264 g/mol. The van der Waals surface area contributed by atoms with Crippen LogP contribution in [0.1, 0.15) is 5.69 Å². The van der Waals surface area contributed by atoms with Crippen molar-refractivity contribution in [2.75, 3.05) is 0 Å². The molecule has 0 saturated carbocycles. The summed E-state index contributed by atoms with van der Waals surface area (Å²) in [6.45, 7) is 2.03. The zero-order chi connectivity index (χ0) is 7.14. The summed E-state index contributed by atoms with van der Waals surface area (Å²) in [7, 11) is 0. The predicted octanol–water partition coefficient (Wildman–Crippen LogP) is 2.60. The molecule has 0 atom stereocenters. The maximum atomic E-state index is 4.26. The second-order valence-electron chi connectivity index (χ2n) is 2.08. The van der Waals surface area contributed by atoms with Gasteiger partial charge in [-0.3, -0.25) is 0 Å². The van der Waals surface area contributed by atoms with E-state index in [0.717, 1.165) is 5.69 Å². The smallest absolute Gasteiger partial charge is 0.132 e. The van der Waals surface area contributed by atoms with E-state index in [0.29, 0.717) is 0 Å². The Morgan fingerprint density at radius 1 is 1.70 bits per heavy atom. The van der Waals surface area contributed by atoms with Gasteiger partial charge in [0.25, 0.3) is 0 Å². The molecule has 0 radical (unpaired) electrons. The molecule has 0 aliphatic heterocycles. The van der Waals surface area contributed by atoms with E-state index in [-0.39, 0.29) is 0 Å². The van der Waals surface area contributed by atoms with Gasteiger partial charge in [0, 0.05) is 5.39 Å². The van der Waals surface area contributed by atoms with Gasteiger partial charge in [-0.15, -0.1) is 11.3 Å². The molecule has 2 aromatic heterocycles. The zero-order valence-electron chi connectivity index (χ0n) is 5.34. The van der Waals surface area contributed by atoms with Gasteiger partial charge in [-0.2, -0.15) is 7.99 Å².